The molecular formula is C2H5CrKO2. The minimum absolute atomic E-state index is 0. The number of carboxylic acids is 1. The van der Waals surface area contributed by atoms with Crippen molar-refractivity contribution in [2.75, 3.05) is 0 Å². The molecule has 0 aromatic carbocycles. The van der Waals surface area contributed by atoms with Crippen molar-refractivity contribution < 1.29 is 27.3 Å². The van der Waals surface area contributed by atoms with Crippen molar-refractivity contribution in [3.8, 4) is 0 Å². The normalized spacial score (nSPS) is 4.17. The van der Waals surface area contributed by atoms with Crippen molar-refractivity contribution in [1.82, 2.24) is 0 Å². The molecule has 0 amide bonds. The van der Waals surface area contributed by atoms with E-state index in [1.54, 1.807) is 0 Å². The van der Waals surface area contributed by atoms with Crippen LogP contribution in [0, 0.1) is 0 Å². The third-order valence-corrected chi connectivity index (χ3v) is 0. The fraction of sp³-hybridized carbons (Fsp3) is 0.500. The van der Waals surface area contributed by atoms with E-state index in [4.69, 9.17) is 9.90 Å². The molecule has 2 nitrogen and oxygen atoms in total. The first-order chi connectivity index (χ1) is 1.73. The van der Waals surface area contributed by atoms with Crippen LogP contribution in [0.3, 0.4) is 0 Å². The molecule has 0 aromatic rings. The van der Waals surface area contributed by atoms with Gasteiger partial charge in [0.1, 0.15) is 0 Å². The van der Waals surface area contributed by atoms with Crippen molar-refractivity contribution >= 4 is 57.4 Å². The van der Waals surface area contributed by atoms with Crippen molar-refractivity contribution in [2.45, 2.75) is 6.92 Å². The fourth-order valence-corrected chi connectivity index (χ4v) is 0. The predicted molar refractivity (Wildman–Crippen MR) is 20.5 cm³/mol. The molecule has 0 saturated heterocycles. The fourth-order valence-electron chi connectivity index (χ4n) is 0. The number of carbonyl (C=O) groups is 1. The molecule has 0 rings (SSSR count). The van der Waals surface area contributed by atoms with Crippen LogP contribution in [0.5, 0.6) is 0 Å². The van der Waals surface area contributed by atoms with Gasteiger partial charge in [0.2, 0.25) is 0 Å². The summed E-state index contributed by atoms with van der Waals surface area (Å²) in [5.74, 6) is -0.833. The van der Waals surface area contributed by atoms with Gasteiger partial charge in [-0.3, -0.25) is 4.79 Å². The maximum atomic E-state index is 9.00. The van der Waals surface area contributed by atoms with E-state index in [-0.39, 0.29) is 68.7 Å². The van der Waals surface area contributed by atoms with Crippen LogP contribution < -0.4 is 0 Å². The Morgan fingerprint density at radius 2 is 1.67 bits per heavy atom. The molecule has 0 aliphatic carbocycles. The van der Waals surface area contributed by atoms with Crippen molar-refractivity contribution in [2.24, 2.45) is 0 Å². The second-order valence-corrected chi connectivity index (χ2v) is 0.519. The van der Waals surface area contributed by atoms with Crippen LogP contribution in [0.4, 0.5) is 0 Å². The van der Waals surface area contributed by atoms with Gasteiger partial charge in [-0.05, 0) is 0 Å². The average molecular weight is 152 g/mol. The van der Waals surface area contributed by atoms with Crippen LogP contribution in [0.25, 0.3) is 0 Å². The molecule has 0 saturated carbocycles. The maximum absolute atomic E-state index is 9.00. The first kappa shape index (κ1) is 15.6. The van der Waals surface area contributed by atoms with Crippen LogP contribution in [0.15, 0.2) is 0 Å². The zero-order valence-corrected chi connectivity index (χ0v) is 4.04. The molecule has 0 atom stereocenters. The van der Waals surface area contributed by atoms with Gasteiger partial charge >= 0.3 is 51.4 Å². The molecule has 32 valence electrons. The molecule has 0 radical (unpaired) electrons. The van der Waals surface area contributed by atoms with Gasteiger partial charge in [-0.15, -0.1) is 0 Å². The van der Waals surface area contributed by atoms with Crippen LogP contribution >= 0.6 is 0 Å². The molecule has 0 bridgehead atoms. The summed E-state index contributed by atoms with van der Waals surface area (Å²) in [6.07, 6.45) is 0. The minimum atomic E-state index is -0.833. The van der Waals surface area contributed by atoms with Crippen molar-refractivity contribution in [3.05, 3.63) is 0 Å². The van der Waals surface area contributed by atoms with Gasteiger partial charge in [-0.1, -0.05) is 0 Å². The van der Waals surface area contributed by atoms with E-state index in [0.29, 0.717) is 0 Å². The summed E-state index contributed by atoms with van der Waals surface area (Å²) in [5, 5.41) is 7.42. The molecule has 0 fully saturated rings. The Bertz CT molecular complexity index is 34.5. The summed E-state index contributed by atoms with van der Waals surface area (Å²) in [7, 11) is 0. The third kappa shape index (κ3) is 45.2. The van der Waals surface area contributed by atoms with Gasteiger partial charge in [0.15, 0.2) is 0 Å². The Kier molecular flexibility index (Phi) is 25.6. The molecule has 6 heavy (non-hydrogen) atoms. The molecule has 0 aromatic heterocycles. The zero-order valence-electron chi connectivity index (χ0n) is 2.76. The van der Waals surface area contributed by atoms with E-state index in [0.717, 1.165) is 6.92 Å². The molecule has 0 aliphatic heterocycles. The van der Waals surface area contributed by atoms with E-state index in [9.17, 15) is 0 Å². The second kappa shape index (κ2) is 9.81. The van der Waals surface area contributed by atoms with Gasteiger partial charge in [-0.25, -0.2) is 0 Å². The Labute approximate surface area is 89.9 Å². The summed E-state index contributed by atoms with van der Waals surface area (Å²) in [5.41, 5.74) is 0. The Balaban J connectivity index is -0.0000000450. The summed E-state index contributed by atoms with van der Waals surface area (Å²) in [6, 6.07) is 0. The van der Waals surface area contributed by atoms with E-state index >= 15 is 0 Å². The van der Waals surface area contributed by atoms with Crippen LogP contribution in [-0.2, 0) is 22.2 Å². The average Bonchev–Trinajstić information content (AvgIpc) is 0.811. The summed E-state index contributed by atoms with van der Waals surface area (Å²) >= 11 is 0. The Morgan fingerprint density at radius 1 is 1.67 bits per heavy atom. The summed E-state index contributed by atoms with van der Waals surface area (Å²) < 4.78 is 0. The van der Waals surface area contributed by atoms with E-state index < -0.39 is 5.97 Å². The Morgan fingerprint density at radius 3 is 1.67 bits per heavy atom. The van der Waals surface area contributed by atoms with Crippen LogP contribution in [0.1, 0.15) is 6.92 Å². The first-order valence-corrected chi connectivity index (χ1v) is 0.928. The molecule has 4 heteroatoms. The van der Waals surface area contributed by atoms with E-state index in [1.165, 1.54) is 0 Å². The number of carboxylic acid groups (broad SMARTS) is 1. The monoisotopic (exact) mass is 152 g/mol. The molecule has 0 unspecified atom stereocenters. The van der Waals surface area contributed by atoms with Gasteiger partial charge in [0.05, 0.1) is 0 Å². The van der Waals surface area contributed by atoms with Crippen LogP contribution in [0.2, 0.25) is 0 Å². The first-order valence-electron chi connectivity index (χ1n) is 0.928. The number of hydrogen-bond acceptors (Lipinski definition) is 1. The van der Waals surface area contributed by atoms with Gasteiger partial charge < -0.3 is 5.11 Å². The van der Waals surface area contributed by atoms with Gasteiger partial charge in [0, 0.05) is 24.3 Å². The Hall–Kier alpha value is 1.64. The number of aliphatic carboxylic acids is 1. The summed E-state index contributed by atoms with van der Waals surface area (Å²) in [6.45, 7) is 1.08. The van der Waals surface area contributed by atoms with Crippen molar-refractivity contribution in [3.63, 3.8) is 0 Å². The topological polar surface area (TPSA) is 37.3 Å². The molecule has 0 spiro atoms. The molecular weight excluding hydrogens is 147 g/mol. The standard InChI is InChI=1S/C2H4O2.Cr.K.H/c1-2(3)4;;;/h1H3,(H,3,4);;;. The second-order valence-electron chi connectivity index (χ2n) is 0.519. The van der Waals surface area contributed by atoms with Crippen molar-refractivity contribution in [1.29, 1.82) is 0 Å². The third-order valence-electron chi connectivity index (χ3n) is 0. The quantitative estimate of drug-likeness (QED) is 0.472. The summed E-state index contributed by atoms with van der Waals surface area (Å²) in [4.78, 5) is 9.00. The van der Waals surface area contributed by atoms with E-state index in [2.05, 4.69) is 0 Å². The number of hydrogen-bond donors (Lipinski definition) is 1. The number of rotatable bonds is 0. The van der Waals surface area contributed by atoms with Gasteiger partial charge in [0.25, 0.3) is 5.97 Å². The molecule has 1 N–H and O–H groups in total. The van der Waals surface area contributed by atoms with E-state index in [1.807, 2.05) is 0 Å². The molecule has 0 aliphatic rings. The molecule has 0 heterocycles. The van der Waals surface area contributed by atoms with Gasteiger partial charge in [-0.2, -0.15) is 0 Å². The zero-order chi connectivity index (χ0) is 3.58. The SMILES string of the molecule is CC(=O)O.[Cr].[KH]. The van der Waals surface area contributed by atoms with Crippen LogP contribution in [-0.4, -0.2) is 62.5 Å². The predicted octanol–water partition coefficient (Wildman–Crippen LogP) is -0.560.